The molecule has 4 rings (SSSR count). The van der Waals surface area contributed by atoms with Gasteiger partial charge in [-0.2, -0.15) is 0 Å². The van der Waals surface area contributed by atoms with Gasteiger partial charge >= 0.3 is 0 Å². The molecule has 0 radical (unpaired) electrons. The predicted molar refractivity (Wildman–Crippen MR) is 110 cm³/mol. The molecule has 1 amide bonds. The average molecular weight is 374 g/mol. The van der Waals surface area contributed by atoms with E-state index in [4.69, 9.17) is 4.74 Å². The number of fused-ring (bicyclic) bond motifs is 2. The first-order valence-corrected chi connectivity index (χ1v) is 9.22. The molecule has 5 nitrogen and oxygen atoms in total. The van der Waals surface area contributed by atoms with Gasteiger partial charge in [-0.25, -0.2) is 0 Å². The third kappa shape index (κ3) is 3.70. The number of hydrogen-bond donors (Lipinski definition) is 2. The standard InChI is InChI=1S/C23H22N2O3/c1-25-14-20(19-8-4-5-9-21(19)25)22(26)13-24-23(27)15-28-18-11-10-16-6-2-3-7-17(16)12-18/h2-12,14,22,26H,13,15H2,1H3,(H,24,27). The van der Waals surface area contributed by atoms with Crippen molar-refractivity contribution in [2.45, 2.75) is 6.10 Å². The number of aliphatic hydroxyl groups is 1. The number of aliphatic hydroxyl groups excluding tert-OH is 1. The van der Waals surface area contributed by atoms with Crippen molar-refractivity contribution >= 4 is 27.6 Å². The molecule has 0 saturated carbocycles. The minimum atomic E-state index is -0.782. The van der Waals surface area contributed by atoms with E-state index < -0.39 is 6.10 Å². The molecule has 0 aliphatic carbocycles. The molecule has 28 heavy (non-hydrogen) atoms. The zero-order chi connectivity index (χ0) is 19.5. The first kappa shape index (κ1) is 18.1. The molecule has 1 atom stereocenters. The Morgan fingerprint density at radius 2 is 1.82 bits per heavy atom. The molecule has 4 aromatic rings. The Morgan fingerprint density at radius 1 is 1.07 bits per heavy atom. The molecule has 3 aromatic carbocycles. The number of amides is 1. The number of carbonyl (C=O) groups is 1. The van der Waals surface area contributed by atoms with Crippen molar-refractivity contribution in [2.24, 2.45) is 7.05 Å². The lowest BCUT2D eigenvalue weighted by Crippen LogP contribution is -2.32. The maximum atomic E-state index is 12.1. The van der Waals surface area contributed by atoms with E-state index >= 15 is 0 Å². The molecule has 1 aromatic heterocycles. The lowest BCUT2D eigenvalue weighted by molar-refractivity contribution is -0.123. The lowest BCUT2D eigenvalue weighted by Gasteiger charge is -2.12. The highest BCUT2D eigenvalue weighted by atomic mass is 16.5. The predicted octanol–water partition coefficient (Wildman–Crippen LogP) is 3.56. The minimum Gasteiger partial charge on any atom is -0.484 e. The molecule has 0 fully saturated rings. The molecule has 2 N–H and O–H groups in total. The van der Waals surface area contributed by atoms with Crippen LogP contribution in [0.25, 0.3) is 21.7 Å². The minimum absolute atomic E-state index is 0.0966. The lowest BCUT2D eigenvalue weighted by atomic mass is 10.1. The van der Waals surface area contributed by atoms with Gasteiger partial charge in [0, 0.05) is 36.3 Å². The number of carbonyl (C=O) groups excluding carboxylic acids is 1. The van der Waals surface area contributed by atoms with E-state index in [1.54, 1.807) is 0 Å². The summed E-state index contributed by atoms with van der Waals surface area (Å²) in [5, 5.41) is 16.4. The summed E-state index contributed by atoms with van der Waals surface area (Å²) < 4.78 is 7.56. The zero-order valence-electron chi connectivity index (χ0n) is 15.6. The molecular weight excluding hydrogens is 352 g/mol. The molecule has 1 unspecified atom stereocenters. The average Bonchev–Trinajstić information content (AvgIpc) is 3.07. The summed E-state index contributed by atoms with van der Waals surface area (Å²) in [6.07, 6.45) is 1.11. The molecule has 142 valence electrons. The van der Waals surface area contributed by atoms with Crippen LogP contribution in [0, 0.1) is 0 Å². The topological polar surface area (TPSA) is 63.5 Å². The monoisotopic (exact) mass is 374 g/mol. The van der Waals surface area contributed by atoms with E-state index in [0.29, 0.717) is 5.75 Å². The van der Waals surface area contributed by atoms with E-state index in [9.17, 15) is 9.90 Å². The van der Waals surface area contributed by atoms with E-state index in [-0.39, 0.29) is 19.1 Å². The van der Waals surface area contributed by atoms with Crippen molar-refractivity contribution < 1.29 is 14.6 Å². The Labute approximate surface area is 163 Å². The van der Waals surface area contributed by atoms with Gasteiger partial charge in [-0.1, -0.05) is 48.5 Å². The van der Waals surface area contributed by atoms with Crippen LogP contribution in [-0.4, -0.2) is 28.7 Å². The van der Waals surface area contributed by atoms with Gasteiger partial charge in [-0.15, -0.1) is 0 Å². The number of rotatable bonds is 6. The number of para-hydroxylation sites is 1. The summed E-state index contributed by atoms with van der Waals surface area (Å²) >= 11 is 0. The Kier molecular flexibility index (Phi) is 5.00. The molecule has 0 bridgehead atoms. The Bertz CT molecular complexity index is 1130. The number of aromatic nitrogens is 1. The number of nitrogens with one attached hydrogen (secondary N) is 1. The highest BCUT2D eigenvalue weighted by molar-refractivity contribution is 5.85. The molecule has 0 aliphatic rings. The number of aryl methyl sites for hydroxylation is 1. The van der Waals surface area contributed by atoms with Crippen molar-refractivity contribution in [2.75, 3.05) is 13.2 Å². The second-order valence-corrected chi connectivity index (χ2v) is 6.83. The normalized spacial score (nSPS) is 12.2. The third-order valence-electron chi connectivity index (χ3n) is 4.87. The Hall–Kier alpha value is -3.31. The SMILES string of the molecule is Cn1cc(C(O)CNC(=O)COc2ccc3ccccc3c2)c2ccccc21. The summed E-state index contributed by atoms with van der Waals surface area (Å²) in [6, 6.07) is 21.6. The van der Waals surface area contributed by atoms with Crippen molar-refractivity contribution in [3.05, 3.63) is 78.5 Å². The van der Waals surface area contributed by atoms with Crippen molar-refractivity contribution in [3.63, 3.8) is 0 Å². The summed E-state index contributed by atoms with van der Waals surface area (Å²) in [4.78, 5) is 12.1. The van der Waals surface area contributed by atoms with E-state index in [0.717, 1.165) is 27.2 Å². The van der Waals surface area contributed by atoms with Crippen LogP contribution in [0.2, 0.25) is 0 Å². The van der Waals surface area contributed by atoms with E-state index in [1.165, 1.54) is 0 Å². The number of benzene rings is 3. The fraction of sp³-hybridized carbons (Fsp3) is 0.174. The third-order valence-corrected chi connectivity index (χ3v) is 4.87. The van der Waals surface area contributed by atoms with Crippen LogP contribution in [0.3, 0.4) is 0 Å². The maximum Gasteiger partial charge on any atom is 0.258 e. The van der Waals surface area contributed by atoms with Gasteiger partial charge < -0.3 is 19.7 Å². The van der Waals surface area contributed by atoms with E-state index in [2.05, 4.69) is 5.32 Å². The van der Waals surface area contributed by atoms with Crippen molar-refractivity contribution in [1.29, 1.82) is 0 Å². The highest BCUT2D eigenvalue weighted by Gasteiger charge is 2.15. The Morgan fingerprint density at radius 3 is 2.68 bits per heavy atom. The smallest absolute Gasteiger partial charge is 0.258 e. The van der Waals surface area contributed by atoms with Gasteiger partial charge in [-0.3, -0.25) is 4.79 Å². The first-order valence-electron chi connectivity index (χ1n) is 9.22. The largest absolute Gasteiger partial charge is 0.484 e. The van der Waals surface area contributed by atoms with Gasteiger partial charge in [0.05, 0.1) is 6.10 Å². The number of nitrogens with zero attached hydrogens (tertiary/aromatic N) is 1. The summed E-state index contributed by atoms with van der Waals surface area (Å²) in [5.74, 6) is 0.371. The molecule has 5 heteroatoms. The van der Waals surface area contributed by atoms with Gasteiger partial charge in [0.15, 0.2) is 6.61 Å². The Balaban J connectivity index is 1.34. The van der Waals surface area contributed by atoms with Gasteiger partial charge in [-0.05, 0) is 29.0 Å². The van der Waals surface area contributed by atoms with E-state index in [1.807, 2.05) is 84.5 Å². The van der Waals surface area contributed by atoms with Crippen LogP contribution in [0.4, 0.5) is 0 Å². The van der Waals surface area contributed by atoms with Crippen LogP contribution in [0.15, 0.2) is 72.9 Å². The van der Waals surface area contributed by atoms with Crippen LogP contribution in [0.5, 0.6) is 5.75 Å². The van der Waals surface area contributed by atoms with Crippen LogP contribution < -0.4 is 10.1 Å². The number of hydrogen-bond acceptors (Lipinski definition) is 3. The first-order chi connectivity index (χ1) is 13.6. The van der Waals surface area contributed by atoms with Crippen molar-refractivity contribution in [3.8, 4) is 5.75 Å². The summed E-state index contributed by atoms with van der Waals surface area (Å²) in [6.45, 7) is 0.0362. The van der Waals surface area contributed by atoms with Gasteiger partial charge in [0.1, 0.15) is 5.75 Å². The highest BCUT2D eigenvalue weighted by Crippen LogP contribution is 2.25. The fourth-order valence-corrected chi connectivity index (χ4v) is 3.42. The summed E-state index contributed by atoms with van der Waals surface area (Å²) in [7, 11) is 1.94. The second-order valence-electron chi connectivity index (χ2n) is 6.83. The van der Waals surface area contributed by atoms with Crippen LogP contribution in [-0.2, 0) is 11.8 Å². The fourth-order valence-electron chi connectivity index (χ4n) is 3.42. The van der Waals surface area contributed by atoms with Crippen LogP contribution >= 0.6 is 0 Å². The van der Waals surface area contributed by atoms with Crippen molar-refractivity contribution in [1.82, 2.24) is 9.88 Å². The van der Waals surface area contributed by atoms with Gasteiger partial charge in [0.2, 0.25) is 0 Å². The molecule has 0 saturated heterocycles. The number of ether oxygens (including phenoxy) is 1. The zero-order valence-corrected chi connectivity index (χ0v) is 15.6. The molecule has 1 heterocycles. The van der Waals surface area contributed by atoms with Crippen LogP contribution in [0.1, 0.15) is 11.7 Å². The molecular formula is C23H22N2O3. The quantitative estimate of drug-likeness (QED) is 0.542. The molecule has 0 aliphatic heterocycles. The second kappa shape index (κ2) is 7.74. The van der Waals surface area contributed by atoms with Gasteiger partial charge in [0.25, 0.3) is 5.91 Å². The molecule has 0 spiro atoms. The maximum absolute atomic E-state index is 12.1. The summed E-state index contributed by atoms with van der Waals surface area (Å²) in [5.41, 5.74) is 1.84.